The summed E-state index contributed by atoms with van der Waals surface area (Å²) in [5.41, 5.74) is 2.96. The van der Waals surface area contributed by atoms with Crippen molar-refractivity contribution in [2.75, 3.05) is 25.6 Å². The molecule has 3 aromatic heterocycles. The average molecular weight is 468 g/mol. The number of aryl methyl sites for hydroxylation is 1. The summed E-state index contributed by atoms with van der Waals surface area (Å²) in [6.07, 6.45) is 2.21. The van der Waals surface area contributed by atoms with E-state index in [-0.39, 0.29) is 11.9 Å². The van der Waals surface area contributed by atoms with Crippen molar-refractivity contribution in [2.24, 2.45) is 0 Å². The highest BCUT2D eigenvalue weighted by molar-refractivity contribution is 7.20. The Morgan fingerprint density at radius 2 is 2.03 bits per heavy atom. The number of rotatable bonds is 9. The molecule has 166 valence electrons. The van der Waals surface area contributed by atoms with Gasteiger partial charge in [0, 0.05) is 37.1 Å². The highest BCUT2D eigenvalue weighted by Gasteiger charge is 2.20. The number of hydrogen-bond acceptors (Lipinski definition) is 8. The molecular formula is C23H25N5O2S2. The van der Waals surface area contributed by atoms with Gasteiger partial charge >= 0.3 is 0 Å². The Hall–Kier alpha value is -2.88. The van der Waals surface area contributed by atoms with Crippen LogP contribution < -0.4 is 10.6 Å². The predicted octanol–water partition coefficient (Wildman–Crippen LogP) is 4.54. The zero-order valence-corrected chi connectivity index (χ0v) is 19.8. The van der Waals surface area contributed by atoms with Crippen molar-refractivity contribution >= 4 is 44.6 Å². The molecule has 0 bridgehead atoms. The normalized spacial score (nSPS) is 12.1. The number of thiophene rings is 1. The van der Waals surface area contributed by atoms with Crippen molar-refractivity contribution in [2.45, 2.75) is 26.3 Å². The number of aromatic nitrogens is 3. The molecule has 32 heavy (non-hydrogen) atoms. The lowest BCUT2D eigenvalue weighted by Crippen LogP contribution is -2.25. The molecule has 1 atom stereocenters. The molecule has 0 spiro atoms. The first-order valence-electron chi connectivity index (χ1n) is 10.3. The first-order chi connectivity index (χ1) is 15.6. The molecule has 4 aromatic rings. The molecule has 3 heterocycles. The minimum Gasteiger partial charge on any atom is -0.383 e. The van der Waals surface area contributed by atoms with E-state index in [1.165, 1.54) is 17.7 Å². The van der Waals surface area contributed by atoms with Gasteiger partial charge in [-0.1, -0.05) is 30.3 Å². The Bertz CT molecular complexity index is 1210. The SMILES string of the molecule is COCC(C)Nc1ncnc2sc(C(=O)NCCc3nc(-c4ccccc4)cs3)c(C)c12. The molecule has 0 fully saturated rings. The summed E-state index contributed by atoms with van der Waals surface area (Å²) in [6, 6.07) is 10.2. The number of nitrogens with zero attached hydrogens (tertiary/aromatic N) is 3. The van der Waals surface area contributed by atoms with Crippen LogP contribution in [0, 0.1) is 6.92 Å². The van der Waals surface area contributed by atoms with Gasteiger partial charge in [0.1, 0.15) is 17.0 Å². The standard InChI is InChI=1S/C23H25N5O2S2/c1-14(11-30-3)27-21-19-15(2)20(32-23(19)26-13-25-21)22(29)24-10-9-18-28-17(12-31-18)16-7-5-4-6-8-16/h4-8,12-14H,9-11H2,1-3H3,(H,24,29)(H,25,26,27). The topological polar surface area (TPSA) is 89.0 Å². The van der Waals surface area contributed by atoms with Gasteiger partial charge in [0.05, 0.1) is 27.6 Å². The van der Waals surface area contributed by atoms with E-state index >= 15 is 0 Å². The number of benzene rings is 1. The third-order valence-electron chi connectivity index (χ3n) is 4.98. The molecule has 0 aliphatic carbocycles. The van der Waals surface area contributed by atoms with Crippen LogP contribution in [0.4, 0.5) is 5.82 Å². The summed E-state index contributed by atoms with van der Waals surface area (Å²) < 4.78 is 5.20. The number of carbonyl (C=O) groups is 1. The predicted molar refractivity (Wildman–Crippen MR) is 131 cm³/mol. The largest absolute Gasteiger partial charge is 0.383 e. The molecule has 9 heteroatoms. The number of ether oxygens (including phenoxy) is 1. The van der Waals surface area contributed by atoms with Gasteiger partial charge in [-0.15, -0.1) is 22.7 Å². The fourth-order valence-corrected chi connectivity index (χ4v) is 5.33. The van der Waals surface area contributed by atoms with E-state index < -0.39 is 0 Å². The molecule has 2 N–H and O–H groups in total. The van der Waals surface area contributed by atoms with Gasteiger partial charge in [0.2, 0.25) is 0 Å². The lowest BCUT2D eigenvalue weighted by Gasteiger charge is -2.14. The number of thiazole rings is 1. The number of carbonyl (C=O) groups excluding carboxylic acids is 1. The second kappa shape index (κ2) is 10.2. The van der Waals surface area contributed by atoms with E-state index in [1.54, 1.807) is 18.4 Å². The smallest absolute Gasteiger partial charge is 0.261 e. The second-order valence-corrected chi connectivity index (χ2v) is 9.40. The van der Waals surface area contributed by atoms with Gasteiger partial charge in [-0.2, -0.15) is 0 Å². The number of hydrogen-bond donors (Lipinski definition) is 2. The van der Waals surface area contributed by atoms with Gasteiger partial charge < -0.3 is 15.4 Å². The van der Waals surface area contributed by atoms with Crippen LogP contribution in [0.15, 0.2) is 42.0 Å². The maximum Gasteiger partial charge on any atom is 0.261 e. The lowest BCUT2D eigenvalue weighted by atomic mass is 10.2. The van der Waals surface area contributed by atoms with Gasteiger partial charge in [-0.3, -0.25) is 4.79 Å². The van der Waals surface area contributed by atoms with Gasteiger partial charge in [-0.25, -0.2) is 15.0 Å². The molecule has 1 amide bonds. The molecule has 1 aromatic carbocycles. The van der Waals surface area contributed by atoms with Crippen LogP contribution in [-0.4, -0.2) is 47.2 Å². The first kappa shape index (κ1) is 22.3. The van der Waals surface area contributed by atoms with Gasteiger partial charge in [0.15, 0.2) is 0 Å². The van der Waals surface area contributed by atoms with Crippen LogP contribution in [0.25, 0.3) is 21.5 Å². The van der Waals surface area contributed by atoms with E-state index in [9.17, 15) is 4.79 Å². The van der Waals surface area contributed by atoms with Crippen molar-refractivity contribution in [1.29, 1.82) is 0 Å². The van der Waals surface area contributed by atoms with Crippen LogP contribution >= 0.6 is 22.7 Å². The van der Waals surface area contributed by atoms with Crippen LogP contribution in [0.5, 0.6) is 0 Å². The highest BCUT2D eigenvalue weighted by atomic mass is 32.1. The van der Waals surface area contributed by atoms with E-state index in [0.717, 1.165) is 37.9 Å². The third kappa shape index (κ3) is 4.95. The molecule has 0 aliphatic heterocycles. The molecular weight excluding hydrogens is 442 g/mol. The number of methoxy groups -OCH3 is 1. The first-order valence-corrected chi connectivity index (χ1v) is 12.0. The minimum atomic E-state index is -0.0961. The third-order valence-corrected chi connectivity index (χ3v) is 7.09. The van der Waals surface area contributed by atoms with E-state index in [4.69, 9.17) is 4.74 Å². The van der Waals surface area contributed by atoms with Crippen LogP contribution in [-0.2, 0) is 11.2 Å². The Labute approximate surface area is 194 Å². The summed E-state index contributed by atoms with van der Waals surface area (Å²) in [6.45, 7) is 5.05. The summed E-state index contributed by atoms with van der Waals surface area (Å²) in [5.74, 6) is 0.629. The van der Waals surface area contributed by atoms with E-state index in [2.05, 4.69) is 31.0 Å². The number of anilines is 1. The number of nitrogens with one attached hydrogen (secondary N) is 2. The molecule has 0 radical (unpaired) electrons. The molecule has 0 saturated carbocycles. The summed E-state index contributed by atoms with van der Waals surface area (Å²) in [7, 11) is 1.67. The fraction of sp³-hybridized carbons (Fsp3) is 0.304. The maximum absolute atomic E-state index is 12.9. The van der Waals surface area contributed by atoms with Crippen molar-refractivity contribution in [1.82, 2.24) is 20.3 Å². The van der Waals surface area contributed by atoms with E-state index in [1.807, 2.05) is 44.2 Å². The summed E-state index contributed by atoms with van der Waals surface area (Å²) in [5, 5.41) is 10.3. The Balaban J connectivity index is 1.42. The van der Waals surface area contributed by atoms with Crippen molar-refractivity contribution in [3.8, 4) is 11.3 Å². The van der Waals surface area contributed by atoms with Crippen LogP contribution in [0.3, 0.4) is 0 Å². The van der Waals surface area contributed by atoms with Crippen molar-refractivity contribution < 1.29 is 9.53 Å². The Morgan fingerprint density at radius 1 is 1.22 bits per heavy atom. The average Bonchev–Trinajstić information content (AvgIpc) is 3.40. The zero-order valence-electron chi connectivity index (χ0n) is 18.2. The van der Waals surface area contributed by atoms with Gasteiger partial charge in [-0.05, 0) is 19.4 Å². The number of amides is 1. The Kier molecular flexibility index (Phi) is 7.09. The number of fused-ring (bicyclic) bond motifs is 1. The fourth-order valence-electron chi connectivity index (χ4n) is 3.45. The molecule has 0 aliphatic rings. The zero-order chi connectivity index (χ0) is 22.5. The minimum absolute atomic E-state index is 0.0914. The van der Waals surface area contributed by atoms with Crippen LogP contribution in [0.1, 0.15) is 27.2 Å². The molecule has 4 rings (SSSR count). The van der Waals surface area contributed by atoms with Crippen molar-refractivity contribution in [3.63, 3.8) is 0 Å². The van der Waals surface area contributed by atoms with Crippen LogP contribution in [0.2, 0.25) is 0 Å². The van der Waals surface area contributed by atoms with E-state index in [0.29, 0.717) is 24.4 Å². The monoisotopic (exact) mass is 467 g/mol. The lowest BCUT2D eigenvalue weighted by molar-refractivity contribution is 0.0957. The Morgan fingerprint density at radius 3 is 2.81 bits per heavy atom. The highest BCUT2D eigenvalue weighted by Crippen LogP contribution is 2.33. The summed E-state index contributed by atoms with van der Waals surface area (Å²) >= 11 is 3.00. The van der Waals surface area contributed by atoms with Crippen molar-refractivity contribution in [3.05, 3.63) is 57.5 Å². The molecule has 0 saturated heterocycles. The summed E-state index contributed by atoms with van der Waals surface area (Å²) in [4.78, 5) is 27.8. The molecule has 1 unspecified atom stereocenters. The molecule has 7 nitrogen and oxygen atoms in total. The van der Waals surface area contributed by atoms with Gasteiger partial charge in [0.25, 0.3) is 5.91 Å². The maximum atomic E-state index is 12.9. The quantitative estimate of drug-likeness (QED) is 0.376. The second-order valence-electron chi connectivity index (χ2n) is 7.46.